The number of methoxy groups -OCH3 is 1. The molecular weight excluding hydrogens is 198 g/mol. The Hall–Kier alpha value is -0.730. The molecule has 2 N–H and O–H groups in total. The van der Waals surface area contributed by atoms with Gasteiger partial charge in [-0.05, 0) is 31.9 Å². The topological polar surface area (TPSA) is 35.2 Å². The van der Waals surface area contributed by atoms with E-state index in [4.69, 9.17) is 22.1 Å². The average Bonchev–Trinajstić information content (AvgIpc) is 2.10. The van der Waals surface area contributed by atoms with Gasteiger partial charge in [-0.1, -0.05) is 17.7 Å². The summed E-state index contributed by atoms with van der Waals surface area (Å²) < 4.78 is 5.31. The monoisotopic (exact) mass is 213 g/mol. The van der Waals surface area contributed by atoms with Crippen molar-refractivity contribution in [3.63, 3.8) is 0 Å². The highest BCUT2D eigenvalue weighted by atomic mass is 35.5. The summed E-state index contributed by atoms with van der Waals surface area (Å²) in [5, 5.41) is 0.711. The molecule has 1 aromatic carbocycles. The molecule has 1 rings (SSSR count). The summed E-state index contributed by atoms with van der Waals surface area (Å²) in [5.41, 5.74) is 8.87. The van der Waals surface area contributed by atoms with Gasteiger partial charge in [-0.2, -0.15) is 0 Å². The van der Waals surface area contributed by atoms with Gasteiger partial charge < -0.3 is 10.5 Å². The lowest BCUT2D eigenvalue weighted by molar-refractivity contribution is 0.403. The Morgan fingerprint density at radius 2 is 1.93 bits per heavy atom. The van der Waals surface area contributed by atoms with Gasteiger partial charge in [0.2, 0.25) is 0 Å². The number of aryl methyl sites for hydroxylation is 2. The van der Waals surface area contributed by atoms with Crippen molar-refractivity contribution in [1.82, 2.24) is 0 Å². The lowest BCUT2D eigenvalue weighted by Crippen LogP contribution is -2.09. The smallest absolute Gasteiger partial charge is 0.128 e. The summed E-state index contributed by atoms with van der Waals surface area (Å²) in [5.74, 6) is 0.801. The van der Waals surface area contributed by atoms with Gasteiger partial charge in [0.05, 0.1) is 12.1 Å². The predicted octanol–water partition coefficient (Wildman–Crippen LogP) is 2.99. The molecule has 0 aromatic heterocycles. The first-order valence-electron chi connectivity index (χ1n) is 4.58. The molecule has 0 saturated heterocycles. The zero-order chi connectivity index (χ0) is 10.9. The highest BCUT2D eigenvalue weighted by Crippen LogP contribution is 2.36. The first kappa shape index (κ1) is 11.3. The van der Waals surface area contributed by atoms with Crippen molar-refractivity contribution in [2.45, 2.75) is 26.8 Å². The van der Waals surface area contributed by atoms with E-state index in [-0.39, 0.29) is 6.04 Å². The molecule has 0 aliphatic carbocycles. The second-order valence-corrected chi connectivity index (χ2v) is 3.94. The maximum absolute atomic E-state index is 6.18. The van der Waals surface area contributed by atoms with E-state index in [1.54, 1.807) is 7.11 Å². The van der Waals surface area contributed by atoms with Gasteiger partial charge in [-0.25, -0.2) is 0 Å². The minimum Gasteiger partial charge on any atom is -0.496 e. The number of halogens is 1. The highest BCUT2D eigenvalue weighted by molar-refractivity contribution is 6.32. The molecular formula is C11H16ClNO. The fraction of sp³-hybridized carbons (Fsp3) is 0.455. The van der Waals surface area contributed by atoms with Crippen LogP contribution in [-0.4, -0.2) is 7.11 Å². The fourth-order valence-corrected chi connectivity index (χ4v) is 1.97. The summed E-state index contributed by atoms with van der Waals surface area (Å²) >= 11 is 6.18. The van der Waals surface area contributed by atoms with E-state index in [0.717, 1.165) is 22.4 Å². The Balaban J connectivity index is 3.48. The molecule has 1 atom stereocenters. The molecule has 2 nitrogen and oxygen atoms in total. The molecule has 0 spiro atoms. The summed E-state index contributed by atoms with van der Waals surface area (Å²) in [7, 11) is 1.64. The minimum atomic E-state index is -0.115. The summed E-state index contributed by atoms with van der Waals surface area (Å²) in [6.45, 7) is 5.87. The third-order valence-corrected chi connectivity index (χ3v) is 2.78. The van der Waals surface area contributed by atoms with Crippen LogP contribution in [0.5, 0.6) is 5.75 Å². The SMILES string of the molecule is COc1c(C)cc(C)c(Cl)c1C(C)N. The molecule has 0 heterocycles. The molecule has 0 radical (unpaired) electrons. The van der Waals surface area contributed by atoms with Crippen molar-refractivity contribution in [3.8, 4) is 5.75 Å². The van der Waals surface area contributed by atoms with Gasteiger partial charge in [0.15, 0.2) is 0 Å². The van der Waals surface area contributed by atoms with Crippen molar-refractivity contribution in [2.75, 3.05) is 7.11 Å². The Morgan fingerprint density at radius 3 is 2.36 bits per heavy atom. The number of hydrogen-bond acceptors (Lipinski definition) is 2. The van der Waals surface area contributed by atoms with Crippen molar-refractivity contribution < 1.29 is 4.74 Å². The third-order valence-electron chi connectivity index (χ3n) is 2.28. The Kier molecular flexibility index (Phi) is 3.40. The number of ether oxygens (including phenoxy) is 1. The predicted molar refractivity (Wildman–Crippen MR) is 60.1 cm³/mol. The molecule has 78 valence electrons. The molecule has 1 aromatic rings. The molecule has 0 amide bonds. The van der Waals surface area contributed by atoms with Crippen LogP contribution in [0.4, 0.5) is 0 Å². The first-order chi connectivity index (χ1) is 6.49. The maximum Gasteiger partial charge on any atom is 0.128 e. The molecule has 0 saturated carbocycles. The summed E-state index contributed by atoms with van der Waals surface area (Å²) in [6, 6.07) is 1.89. The van der Waals surface area contributed by atoms with Crippen LogP contribution in [0.15, 0.2) is 6.07 Å². The Labute approximate surface area is 90.0 Å². The zero-order valence-corrected chi connectivity index (χ0v) is 9.77. The number of rotatable bonds is 2. The first-order valence-corrected chi connectivity index (χ1v) is 4.96. The van der Waals surface area contributed by atoms with Crippen LogP contribution in [0.2, 0.25) is 5.02 Å². The third kappa shape index (κ3) is 1.86. The molecule has 0 fully saturated rings. The van der Waals surface area contributed by atoms with Gasteiger partial charge in [0.25, 0.3) is 0 Å². The number of benzene rings is 1. The summed E-state index contributed by atoms with van der Waals surface area (Å²) in [6.07, 6.45) is 0. The van der Waals surface area contributed by atoms with Crippen LogP contribution in [-0.2, 0) is 0 Å². The standard InChI is InChI=1S/C11H16ClNO/c1-6-5-7(2)11(14-4)9(8(3)13)10(6)12/h5,8H,13H2,1-4H3. The largest absolute Gasteiger partial charge is 0.496 e. The van der Waals surface area contributed by atoms with E-state index in [0.29, 0.717) is 5.02 Å². The van der Waals surface area contributed by atoms with Gasteiger partial charge in [0, 0.05) is 11.6 Å². The van der Waals surface area contributed by atoms with Crippen LogP contribution in [0.25, 0.3) is 0 Å². The van der Waals surface area contributed by atoms with E-state index in [9.17, 15) is 0 Å². The highest BCUT2D eigenvalue weighted by Gasteiger charge is 2.16. The van der Waals surface area contributed by atoms with Gasteiger partial charge in [-0.3, -0.25) is 0 Å². The fourth-order valence-electron chi connectivity index (χ4n) is 1.66. The molecule has 0 bridgehead atoms. The molecule has 0 aliphatic heterocycles. The van der Waals surface area contributed by atoms with E-state index in [1.807, 2.05) is 26.8 Å². The number of nitrogens with two attached hydrogens (primary N) is 1. The normalized spacial score (nSPS) is 12.7. The number of hydrogen-bond donors (Lipinski definition) is 1. The van der Waals surface area contributed by atoms with Gasteiger partial charge in [-0.15, -0.1) is 0 Å². The van der Waals surface area contributed by atoms with Crippen molar-refractivity contribution in [1.29, 1.82) is 0 Å². The average molecular weight is 214 g/mol. The quantitative estimate of drug-likeness (QED) is 0.820. The van der Waals surface area contributed by atoms with Crippen LogP contribution in [0, 0.1) is 13.8 Å². The summed E-state index contributed by atoms with van der Waals surface area (Å²) in [4.78, 5) is 0. The van der Waals surface area contributed by atoms with Crippen LogP contribution in [0.3, 0.4) is 0 Å². The van der Waals surface area contributed by atoms with Crippen LogP contribution in [0.1, 0.15) is 29.7 Å². The van der Waals surface area contributed by atoms with Crippen molar-refractivity contribution >= 4 is 11.6 Å². The molecule has 1 unspecified atom stereocenters. The second kappa shape index (κ2) is 4.20. The van der Waals surface area contributed by atoms with Gasteiger partial charge >= 0.3 is 0 Å². The van der Waals surface area contributed by atoms with Crippen LogP contribution >= 0.6 is 11.6 Å². The van der Waals surface area contributed by atoms with Crippen molar-refractivity contribution in [2.24, 2.45) is 5.73 Å². The molecule has 14 heavy (non-hydrogen) atoms. The van der Waals surface area contributed by atoms with E-state index < -0.39 is 0 Å². The molecule has 3 heteroatoms. The van der Waals surface area contributed by atoms with Crippen LogP contribution < -0.4 is 10.5 Å². The maximum atomic E-state index is 6.18. The molecule has 0 aliphatic rings. The van der Waals surface area contributed by atoms with E-state index >= 15 is 0 Å². The zero-order valence-electron chi connectivity index (χ0n) is 9.02. The Bertz CT molecular complexity index is 348. The Morgan fingerprint density at radius 1 is 1.36 bits per heavy atom. The van der Waals surface area contributed by atoms with E-state index in [1.165, 1.54) is 0 Å². The van der Waals surface area contributed by atoms with Gasteiger partial charge in [0.1, 0.15) is 5.75 Å². The van der Waals surface area contributed by atoms with Crippen molar-refractivity contribution in [3.05, 3.63) is 27.8 Å². The van der Waals surface area contributed by atoms with E-state index in [2.05, 4.69) is 0 Å². The lowest BCUT2D eigenvalue weighted by Gasteiger charge is -2.17. The lowest BCUT2D eigenvalue weighted by atomic mass is 10.0. The minimum absolute atomic E-state index is 0.115. The second-order valence-electron chi connectivity index (χ2n) is 3.56.